The molecule has 2 aromatic heterocycles. The van der Waals surface area contributed by atoms with Crippen molar-refractivity contribution in [2.24, 2.45) is 5.73 Å². The Balaban J connectivity index is 0.00000210. The number of hydrogen-bond donors (Lipinski definition) is 2. The zero-order valence-electron chi connectivity index (χ0n) is 14.3. The molecule has 2 heterocycles. The number of nitrogens with zero attached hydrogens (tertiary/aromatic N) is 2. The number of hydrogen-bond acceptors (Lipinski definition) is 5. The van der Waals surface area contributed by atoms with Gasteiger partial charge in [-0.15, -0.1) is 22.6 Å². The summed E-state index contributed by atoms with van der Waals surface area (Å²) in [5.41, 5.74) is 9.44. The minimum Gasteiger partial charge on any atom is -0.414 e. The van der Waals surface area contributed by atoms with Gasteiger partial charge in [-0.05, 0) is 35.7 Å². The molecule has 27 heavy (non-hydrogen) atoms. The SMILES string of the molecule is Cl.NC(Cc1c[nH]c2ccccc12)c1nnc(SCc2ccc(F)cc2)o1. The van der Waals surface area contributed by atoms with Gasteiger partial charge in [0.05, 0.1) is 6.04 Å². The van der Waals surface area contributed by atoms with Crippen LogP contribution in [0.4, 0.5) is 4.39 Å². The average molecular weight is 405 g/mol. The van der Waals surface area contributed by atoms with Gasteiger partial charge in [-0.2, -0.15) is 0 Å². The number of benzene rings is 2. The zero-order chi connectivity index (χ0) is 17.9. The van der Waals surface area contributed by atoms with Crippen LogP contribution in [-0.2, 0) is 12.2 Å². The van der Waals surface area contributed by atoms with Gasteiger partial charge < -0.3 is 15.1 Å². The van der Waals surface area contributed by atoms with Crippen LogP contribution in [0.2, 0.25) is 0 Å². The predicted molar refractivity (Wildman–Crippen MR) is 106 cm³/mol. The van der Waals surface area contributed by atoms with Gasteiger partial charge in [0.1, 0.15) is 5.82 Å². The first-order valence-corrected chi connectivity index (χ1v) is 9.19. The Hall–Kier alpha value is -2.35. The number of aromatic nitrogens is 3. The molecule has 0 spiro atoms. The molecule has 5 nitrogen and oxygen atoms in total. The molecule has 0 aliphatic rings. The fraction of sp³-hybridized carbons (Fsp3) is 0.158. The van der Waals surface area contributed by atoms with E-state index in [-0.39, 0.29) is 24.3 Å². The molecule has 1 atom stereocenters. The highest BCUT2D eigenvalue weighted by Gasteiger charge is 2.17. The topological polar surface area (TPSA) is 80.7 Å². The van der Waals surface area contributed by atoms with Gasteiger partial charge in [0.25, 0.3) is 5.22 Å². The molecular formula is C19H18ClFN4OS. The molecule has 0 fully saturated rings. The standard InChI is InChI=1S/C19H17FN4OS.ClH/c20-14-7-5-12(6-8-14)11-26-19-24-23-18(25-19)16(21)9-13-10-22-17-4-2-1-3-15(13)17;/h1-8,10,16,22H,9,11,21H2;1H. The minimum atomic E-state index is -0.373. The quantitative estimate of drug-likeness (QED) is 0.457. The van der Waals surface area contributed by atoms with Crippen LogP contribution in [0.25, 0.3) is 10.9 Å². The van der Waals surface area contributed by atoms with Crippen LogP contribution in [0, 0.1) is 5.82 Å². The van der Waals surface area contributed by atoms with Crippen molar-refractivity contribution < 1.29 is 8.81 Å². The van der Waals surface area contributed by atoms with E-state index in [1.54, 1.807) is 12.1 Å². The van der Waals surface area contributed by atoms with Crippen molar-refractivity contribution in [1.29, 1.82) is 0 Å². The summed E-state index contributed by atoms with van der Waals surface area (Å²) in [7, 11) is 0. The average Bonchev–Trinajstić information content (AvgIpc) is 3.29. The monoisotopic (exact) mass is 404 g/mol. The van der Waals surface area contributed by atoms with Gasteiger partial charge in [0, 0.05) is 22.9 Å². The maximum Gasteiger partial charge on any atom is 0.276 e. The Morgan fingerprint density at radius 3 is 2.70 bits per heavy atom. The fourth-order valence-electron chi connectivity index (χ4n) is 2.78. The number of halogens is 2. The maximum atomic E-state index is 12.9. The lowest BCUT2D eigenvalue weighted by Crippen LogP contribution is -2.13. The van der Waals surface area contributed by atoms with Crippen molar-refractivity contribution in [2.45, 2.75) is 23.4 Å². The van der Waals surface area contributed by atoms with Crippen LogP contribution in [0.1, 0.15) is 23.1 Å². The molecule has 4 rings (SSSR count). The molecule has 0 amide bonds. The Morgan fingerprint density at radius 1 is 1.11 bits per heavy atom. The highest BCUT2D eigenvalue weighted by molar-refractivity contribution is 7.98. The highest BCUT2D eigenvalue weighted by Crippen LogP contribution is 2.26. The number of thioether (sulfide) groups is 1. The van der Waals surface area contributed by atoms with Crippen LogP contribution in [0.15, 0.2) is 64.4 Å². The van der Waals surface area contributed by atoms with Crippen molar-refractivity contribution in [3.63, 3.8) is 0 Å². The maximum absolute atomic E-state index is 12.9. The van der Waals surface area contributed by atoms with Crippen molar-refractivity contribution in [3.8, 4) is 0 Å². The summed E-state index contributed by atoms with van der Waals surface area (Å²) < 4.78 is 18.6. The molecule has 0 radical (unpaired) electrons. The summed E-state index contributed by atoms with van der Waals surface area (Å²) in [6.45, 7) is 0. The second kappa shape index (κ2) is 8.56. The van der Waals surface area contributed by atoms with Gasteiger partial charge in [0.2, 0.25) is 5.89 Å². The first kappa shape index (κ1) is 19.4. The van der Waals surface area contributed by atoms with E-state index in [2.05, 4.69) is 21.2 Å². The van der Waals surface area contributed by atoms with E-state index in [1.165, 1.54) is 23.9 Å². The minimum absolute atomic E-state index is 0. The van der Waals surface area contributed by atoms with Crippen LogP contribution in [0.3, 0.4) is 0 Å². The molecule has 8 heteroatoms. The van der Waals surface area contributed by atoms with E-state index < -0.39 is 0 Å². The Bertz CT molecular complexity index is 1020. The molecule has 0 aliphatic carbocycles. The zero-order valence-corrected chi connectivity index (χ0v) is 15.9. The van der Waals surface area contributed by atoms with Crippen LogP contribution >= 0.6 is 24.2 Å². The molecule has 4 aromatic rings. The van der Waals surface area contributed by atoms with Crippen molar-refractivity contribution in [1.82, 2.24) is 15.2 Å². The van der Waals surface area contributed by atoms with Crippen molar-refractivity contribution >= 4 is 35.1 Å². The van der Waals surface area contributed by atoms with E-state index in [9.17, 15) is 4.39 Å². The third-order valence-electron chi connectivity index (χ3n) is 4.13. The summed E-state index contributed by atoms with van der Waals surface area (Å²) in [5.74, 6) is 0.790. The number of para-hydroxylation sites is 1. The van der Waals surface area contributed by atoms with Gasteiger partial charge in [0.15, 0.2) is 0 Å². The molecule has 0 saturated heterocycles. The first-order chi connectivity index (χ1) is 12.7. The fourth-order valence-corrected chi connectivity index (χ4v) is 3.50. The van der Waals surface area contributed by atoms with Gasteiger partial charge in [-0.25, -0.2) is 4.39 Å². The van der Waals surface area contributed by atoms with Gasteiger partial charge in [-0.1, -0.05) is 42.1 Å². The number of nitrogens with two attached hydrogens (primary N) is 1. The summed E-state index contributed by atoms with van der Waals surface area (Å²) in [6, 6.07) is 14.1. The molecule has 140 valence electrons. The normalized spacial score (nSPS) is 12.1. The first-order valence-electron chi connectivity index (χ1n) is 8.20. The van der Waals surface area contributed by atoms with Crippen LogP contribution < -0.4 is 5.73 Å². The van der Waals surface area contributed by atoms with Crippen molar-refractivity contribution in [3.05, 3.63) is 77.6 Å². The van der Waals surface area contributed by atoms with E-state index in [0.29, 0.717) is 23.3 Å². The molecule has 0 bridgehead atoms. The summed E-state index contributed by atoms with van der Waals surface area (Å²) in [6.07, 6.45) is 2.57. The second-order valence-corrected chi connectivity index (χ2v) is 6.92. The predicted octanol–water partition coefficient (Wildman–Crippen LogP) is 4.65. The Labute approximate surface area is 166 Å². The molecule has 0 aliphatic heterocycles. The van der Waals surface area contributed by atoms with Crippen LogP contribution in [-0.4, -0.2) is 15.2 Å². The van der Waals surface area contributed by atoms with Gasteiger partial charge in [-0.3, -0.25) is 0 Å². The molecule has 3 N–H and O–H groups in total. The number of rotatable bonds is 6. The third-order valence-corrected chi connectivity index (χ3v) is 5.02. The highest BCUT2D eigenvalue weighted by atomic mass is 35.5. The smallest absolute Gasteiger partial charge is 0.276 e. The van der Waals surface area contributed by atoms with E-state index in [1.807, 2.05) is 24.4 Å². The molecule has 1 unspecified atom stereocenters. The second-order valence-electron chi connectivity index (χ2n) is 5.99. The Morgan fingerprint density at radius 2 is 1.89 bits per heavy atom. The lowest BCUT2D eigenvalue weighted by atomic mass is 10.1. The molecule has 0 saturated carbocycles. The lowest BCUT2D eigenvalue weighted by molar-refractivity contribution is 0.385. The number of aromatic amines is 1. The number of nitrogens with one attached hydrogen (secondary N) is 1. The third kappa shape index (κ3) is 4.50. The van der Waals surface area contributed by atoms with Crippen molar-refractivity contribution in [2.75, 3.05) is 0 Å². The van der Waals surface area contributed by atoms with E-state index in [0.717, 1.165) is 22.0 Å². The summed E-state index contributed by atoms with van der Waals surface area (Å²) in [4.78, 5) is 3.24. The molecular weight excluding hydrogens is 387 g/mol. The largest absolute Gasteiger partial charge is 0.414 e. The number of H-pyrrole nitrogens is 1. The summed E-state index contributed by atoms with van der Waals surface area (Å²) >= 11 is 1.40. The summed E-state index contributed by atoms with van der Waals surface area (Å²) in [5, 5.41) is 9.72. The van der Waals surface area contributed by atoms with E-state index >= 15 is 0 Å². The Kier molecular flexibility index (Phi) is 6.15. The molecule has 2 aromatic carbocycles. The van der Waals surface area contributed by atoms with Gasteiger partial charge >= 0.3 is 0 Å². The van der Waals surface area contributed by atoms with E-state index in [4.69, 9.17) is 10.2 Å². The van der Waals surface area contributed by atoms with Crippen LogP contribution in [0.5, 0.6) is 0 Å². The lowest BCUT2D eigenvalue weighted by Gasteiger charge is -2.05. The number of fused-ring (bicyclic) bond motifs is 1.